The van der Waals surface area contributed by atoms with Crippen LogP contribution in [0.15, 0.2) is 54.6 Å². The molecule has 0 heterocycles. The number of para-hydroxylation sites is 1. The highest BCUT2D eigenvalue weighted by atomic mass is 32.1. The molecule has 4 heteroatoms. The summed E-state index contributed by atoms with van der Waals surface area (Å²) in [5.41, 5.74) is 3.60. The third kappa shape index (κ3) is 5.85. The number of thiocarbonyl (C=S) groups is 1. The van der Waals surface area contributed by atoms with Gasteiger partial charge in [0.2, 0.25) is 0 Å². The summed E-state index contributed by atoms with van der Waals surface area (Å²) < 4.78 is 0. The zero-order valence-electron chi connectivity index (χ0n) is 14.8. The van der Waals surface area contributed by atoms with Crippen molar-refractivity contribution in [2.24, 2.45) is 0 Å². The summed E-state index contributed by atoms with van der Waals surface area (Å²) in [5.74, 6) is 0.547. The van der Waals surface area contributed by atoms with Crippen molar-refractivity contribution in [3.63, 3.8) is 0 Å². The van der Waals surface area contributed by atoms with Crippen molar-refractivity contribution in [2.45, 2.75) is 26.2 Å². The highest BCUT2D eigenvalue weighted by Crippen LogP contribution is 2.17. The van der Waals surface area contributed by atoms with Crippen molar-refractivity contribution in [2.75, 3.05) is 30.4 Å². The van der Waals surface area contributed by atoms with Crippen molar-refractivity contribution >= 4 is 28.7 Å². The number of hydrogen-bond donors (Lipinski definition) is 2. The summed E-state index contributed by atoms with van der Waals surface area (Å²) in [6, 6.07) is 18.9. The van der Waals surface area contributed by atoms with Gasteiger partial charge in [-0.3, -0.25) is 0 Å². The van der Waals surface area contributed by atoms with Crippen molar-refractivity contribution in [1.29, 1.82) is 0 Å². The minimum absolute atomic E-state index is 0.547. The lowest BCUT2D eigenvalue weighted by Crippen LogP contribution is -2.31. The Labute approximate surface area is 151 Å². The summed E-state index contributed by atoms with van der Waals surface area (Å²) in [6.07, 6.45) is 1.03. The number of benzene rings is 2. The molecule has 0 aliphatic carbocycles. The molecule has 0 radical (unpaired) electrons. The summed E-state index contributed by atoms with van der Waals surface area (Å²) in [7, 11) is 2.11. The number of nitrogens with one attached hydrogen (secondary N) is 2. The van der Waals surface area contributed by atoms with Crippen LogP contribution in [0.3, 0.4) is 0 Å². The average molecular weight is 342 g/mol. The molecular weight excluding hydrogens is 314 g/mol. The van der Waals surface area contributed by atoms with Crippen molar-refractivity contribution in [3.05, 3.63) is 60.2 Å². The van der Waals surface area contributed by atoms with Gasteiger partial charge in [0.05, 0.1) is 0 Å². The van der Waals surface area contributed by atoms with E-state index in [2.05, 4.69) is 85.0 Å². The van der Waals surface area contributed by atoms with E-state index in [9.17, 15) is 0 Å². The Kier molecular flexibility index (Phi) is 7.07. The molecule has 2 rings (SSSR count). The fourth-order valence-corrected chi connectivity index (χ4v) is 2.68. The first-order chi connectivity index (χ1) is 11.6. The van der Waals surface area contributed by atoms with Crippen LogP contribution in [-0.4, -0.2) is 25.2 Å². The van der Waals surface area contributed by atoms with E-state index in [-0.39, 0.29) is 0 Å². The Morgan fingerprint density at radius 1 is 1.04 bits per heavy atom. The van der Waals surface area contributed by atoms with Crippen LogP contribution < -0.4 is 15.5 Å². The molecule has 2 aromatic carbocycles. The Morgan fingerprint density at radius 2 is 1.71 bits per heavy atom. The lowest BCUT2D eigenvalue weighted by atomic mass is 10.0. The van der Waals surface area contributed by atoms with Gasteiger partial charge in [-0.1, -0.05) is 44.2 Å². The molecule has 24 heavy (non-hydrogen) atoms. The second-order valence-corrected chi connectivity index (χ2v) is 6.68. The Morgan fingerprint density at radius 3 is 2.33 bits per heavy atom. The van der Waals surface area contributed by atoms with E-state index in [1.165, 1.54) is 11.3 Å². The fraction of sp³-hybridized carbons (Fsp3) is 0.350. The molecule has 0 saturated carbocycles. The van der Waals surface area contributed by atoms with Gasteiger partial charge in [-0.25, -0.2) is 0 Å². The number of rotatable bonds is 7. The minimum atomic E-state index is 0.547. The number of anilines is 2. The SMILES string of the molecule is CC(C)c1ccc(NC(=S)NCCCN(C)c2ccccc2)cc1. The highest BCUT2D eigenvalue weighted by Gasteiger charge is 2.02. The summed E-state index contributed by atoms with van der Waals surface area (Å²) >= 11 is 5.36. The molecule has 0 fully saturated rings. The molecule has 0 aromatic heterocycles. The van der Waals surface area contributed by atoms with E-state index in [0.717, 1.165) is 25.2 Å². The molecule has 0 amide bonds. The van der Waals surface area contributed by atoms with E-state index < -0.39 is 0 Å². The molecule has 2 N–H and O–H groups in total. The number of hydrogen-bond acceptors (Lipinski definition) is 2. The van der Waals surface area contributed by atoms with Gasteiger partial charge in [0.15, 0.2) is 5.11 Å². The zero-order valence-corrected chi connectivity index (χ0v) is 15.6. The van der Waals surface area contributed by atoms with E-state index in [0.29, 0.717) is 11.0 Å². The zero-order chi connectivity index (χ0) is 17.4. The highest BCUT2D eigenvalue weighted by molar-refractivity contribution is 7.80. The van der Waals surface area contributed by atoms with Gasteiger partial charge in [-0.15, -0.1) is 0 Å². The molecule has 0 bridgehead atoms. The van der Waals surface area contributed by atoms with Crippen LogP contribution >= 0.6 is 12.2 Å². The molecular formula is C20H27N3S. The van der Waals surface area contributed by atoms with Gasteiger partial charge in [-0.2, -0.15) is 0 Å². The largest absolute Gasteiger partial charge is 0.375 e. The molecule has 0 aliphatic heterocycles. The third-order valence-electron chi connectivity index (χ3n) is 3.99. The summed E-state index contributed by atoms with van der Waals surface area (Å²) in [4.78, 5) is 2.25. The molecule has 2 aromatic rings. The van der Waals surface area contributed by atoms with Crippen LogP contribution in [-0.2, 0) is 0 Å². The average Bonchev–Trinajstić information content (AvgIpc) is 2.59. The van der Waals surface area contributed by atoms with Crippen molar-refractivity contribution in [3.8, 4) is 0 Å². The maximum absolute atomic E-state index is 5.36. The quantitative estimate of drug-likeness (QED) is 0.567. The van der Waals surface area contributed by atoms with E-state index in [1.54, 1.807) is 0 Å². The molecule has 0 saturated heterocycles. The van der Waals surface area contributed by atoms with E-state index in [4.69, 9.17) is 12.2 Å². The Hall–Kier alpha value is -2.07. The smallest absolute Gasteiger partial charge is 0.170 e. The van der Waals surface area contributed by atoms with Gasteiger partial charge < -0.3 is 15.5 Å². The first-order valence-electron chi connectivity index (χ1n) is 8.47. The third-order valence-corrected chi connectivity index (χ3v) is 4.23. The second kappa shape index (κ2) is 9.28. The van der Waals surface area contributed by atoms with Crippen molar-refractivity contribution < 1.29 is 0 Å². The minimum Gasteiger partial charge on any atom is -0.375 e. The van der Waals surface area contributed by atoms with Crippen LogP contribution in [0.4, 0.5) is 11.4 Å². The van der Waals surface area contributed by atoms with E-state index in [1.807, 2.05) is 6.07 Å². The first kappa shape index (κ1) is 18.3. The van der Waals surface area contributed by atoms with Gasteiger partial charge >= 0.3 is 0 Å². The number of nitrogens with zero attached hydrogens (tertiary/aromatic N) is 1. The van der Waals surface area contributed by atoms with Crippen LogP contribution in [0.1, 0.15) is 31.7 Å². The normalized spacial score (nSPS) is 10.5. The molecule has 0 spiro atoms. The Balaban J connectivity index is 1.68. The van der Waals surface area contributed by atoms with E-state index >= 15 is 0 Å². The standard InChI is InChI=1S/C20H27N3S/c1-16(2)17-10-12-18(13-11-17)22-20(24)21-14-7-15-23(3)19-8-5-4-6-9-19/h4-6,8-13,16H,7,14-15H2,1-3H3,(H2,21,22,24). The molecule has 0 aliphatic rings. The lowest BCUT2D eigenvalue weighted by molar-refractivity contribution is 0.755. The maximum Gasteiger partial charge on any atom is 0.170 e. The first-order valence-corrected chi connectivity index (χ1v) is 8.88. The topological polar surface area (TPSA) is 27.3 Å². The van der Waals surface area contributed by atoms with Crippen LogP contribution in [0, 0.1) is 0 Å². The summed E-state index contributed by atoms with van der Waals surface area (Å²) in [5, 5.41) is 7.18. The van der Waals surface area contributed by atoms with Crippen LogP contribution in [0.25, 0.3) is 0 Å². The maximum atomic E-state index is 5.36. The summed E-state index contributed by atoms with van der Waals surface area (Å²) in [6.45, 7) is 6.23. The molecule has 128 valence electrons. The monoisotopic (exact) mass is 341 g/mol. The van der Waals surface area contributed by atoms with Crippen molar-refractivity contribution in [1.82, 2.24) is 5.32 Å². The predicted octanol–water partition coefficient (Wildman–Crippen LogP) is 4.62. The van der Waals surface area contributed by atoms with Gasteiger partial charge in [0.1, 0.15) is 0 Å². The molecule has 0 atom stereocenters. The molecule has 0 unspecified atom stereocenters. The second-order valence-electron chi connectivity index (χ2n) is 6.27. The van der Waals surface area contributed by atoms with Gasteiger partial charge in [-0.05, 0) is 54.4 Å². The van der Waals surface area contributed by atoms with Crippen LogP contribution in [0.5, 0.6) is 0 Å². The predicted molar refractivity (Wildman–Crippen MR) is 109 cm³/mol. The molecule has 3 nitrogen and oxygen atoms in total. The van der Waals surface area contributed by atoms with Crippen LogP contribution in [0.2, 0.25) is 0 Å². The Bertz CT molecular complexity index is 623. The van der Waals surface area contributed by atoms with Gasteiger partial charge in [0, 0.05) is 31.5 Å². The lowest BCUT2D eigenvalue weighted by Gasteiger charge is -2.19. The van der Waals surface area contributed by atoms with Gasteiger partial charge in [0.25, 0.3) is 0 Å². The fourth-order valence-electron chi connectivity index (χ4n) is 2.46.